The van der Waals surface area contributed by atoms with E-state index in [1.807, 2.05) is 27.0 Å². The zero-order valence-electron chi connectivity index (χ0n) is 15.9. The van der Waals surface area contributed by atoms with Crippen molar-refractivity contribution in [3.05, 3.63) is 46.7 Å². The molecule has 2 aromatic heterocycles. The van der Waals surface area contributed by atoms with Gasteiger partial charge in [0.05, 0.1) is 12.7 Å². The lowest BCUT2D eigenvalue weighted by atomic mass is 10.2. The van der Waals surface area contributed by atoms with Gasteiger partial charge in [-0.25, -0.2) is 0 Å². The Balaban J connectivity index is 1.82. The maximum atomic E-state index is 13.1. The number of amides is 2. The molecule has 3 N–H and O–H groups in total. The summed E-state index contributed by atoms with van der Waals surface area (Å²) in [5.41, 5.74) is 8.32. The van der Waals surface area contributed by atoms with Crippen LogP contribution in [0.3, 0.4) is 0 Å². The molecule has 0 aromatic carbocycles. The highest BCUT2D eigenvalue weighted by Crippen LogP contribution is 2.18. The Morgan fingerprint density at radius 1 is 1.33 bits per heavy atom. The highest BCUT2D eigenvalue weighted by atomic mass is 16.5. The zero-order chi connectivity index (χ0) is 19.6. The number of aryl methyl sites for hydroxylation is 2. The van der Waals surface area contributed by atoms with Gasteiger partial charge in [0.15, 0.2) is 11.5 Å². The van der Waals surface area contributed by atoms with E-state index < -0.39 is 5.91 Å². The lowest BCUT2D eigenvalue weighted by Gasteiger charge is -2.33. The highest BCUT2D eigenvalue weighted by Gasteiger charge is 2.27. The lowest BCUT2D eigenvalue weighted by molar-refractivity contribution is -0.0339. The molecule has 1 aliphatic rings. The second kappa shape index (κ2) is 7.98. The summed E-state index contributed by atoms with van der Waals surface area (Å²) >= 11 is 0. The average Bonchev–Trinajstić information content (AvgIpc) is 3.21. The van der Waals surface area contributed by atoms with Crippen LogP contribution in [0.15, 0.2) is 22.6 Å². The molecule has 1 fully saturated rings. The Kier molecular flexibility index (Phi) is 5.67. The molecule has 0 bridgehead atoms. The number of hydrogen-bond acceptors (Lipinski definition) is 5. The Labute approximate surface area is 158 Å². The van der Waals surface area contributed by atoms with Gasteiger partial charge in [-0.2, -0.15) is 0 Å². The molecule has 27 heavy (non-hydrogen) atoms. The van der Waals surface area contributed by atoms with Gasteiger partial charge in [-0.1, -0.05) is 0 Å². The molecule has 146 valence electrons. The Morgan fingerprint density at radius 3 is 2.67 bits per heavy atom. The standard InChI is InChI=1S/C19H26N4O4/c1-12-8-14(13(2)21-12)9-23(11-15-10-22(3)6-7-26-15)19(25)17-5-4-16(27-17)18(20)24/h4-5,8,15,21H,6-7,9-11H2,1-3H3,(H2,20,24). The summed E-state index contributed by atoms with van der Waals surface area (Å²) in [6.07, 6.45) is -0.0846. The number of furan rings is 1. The number of H-pyrrole nitrogens is 1. The fourth-order valence-corrected chi connectivity index (χ4v) is 3.33. The van der Waals surface area contributed by atoms with Crippen LogP contribution in [0.25, 0.3) is 0 Å². The molecule has 1 saturated heterocycles. The van der Waals surface area contributed by atoms with Crippen LogP contribution in [0.1, 0.15) is 38.1 Å². The second-order valence-corrected chi connectivity index (χ2v) is 7.07. The maximum absolute atomic E-state index is 13.1. The van der Waals surface area contributed by atoms with Crippen LogP contribution < -0.4 is 5.73 Å². The van der Waals surface area contributed by atoms with Crippen molar-refractivity contribution in [3.63, 3.8) is 0 Å². The molecule has 1 aliphatic heterocycles. The first-order valence-corrected chi connectivity index (χ1v) is 8.97. The van der Waals surface area contributed by atoms with Gasteiger partial charge in [0.1, 0.15) is 0 Å². The number of carbonyl (C=O) groups is 2. The summed E-state index contributed by atoms with van der Waals surface area (Å²) in [7, 11) is 2.03. The van der Waals surface area contributed by atoms with Crippen molar-refractivity contribution in [3.8, 4) is 0 Å². The molecule has 1 atom stereocenters. The molecule has 0 saturated carbocycles. The van der Waals surface area contributed by atoms with Crippen molar-refractivity contribution >= 4 is 11.8 Å². The van der Waals surface area contributed by atoms with Crippen LogP contribution in [0, 0.1) is 13.8 Å². The third-order valence-electron chi connectivity index (χ3n) is 4.73. The first-order chi connectivity index (χ1) is 12.8. The number of likely N-dealkylation sites (N-methyl/N-ethyl adjacent to an activating group) is 1. The van der Waals surface area contributed by atoms with Gasteiger partial charge in [0, 0.05) is 37.6 Å². The third kappa shape index (κ3) is 4.58. The predicted molar refractivity (Wildman–Crippen MR) is 99.5 cm³/mol. The second-order valence-electron chi connectivity index (χ2n) is 7.07. The number of hydrogen-bond donors (Lipinski definition) is 2. The van der Waals surface area contributed by atoms with Crippen LogP contribution >= 0.6 is 0 Å². The first kappa shape index (κ1) is 19.2. The molecule has 0 spiro atoms. The normalized spacial score (nSPS) is 17.8. The minimum Gasteiger partial charge on any atom is -0.446 e. The number of ether oxygens (including phenoxy) is 1. The molecule has 1 unspecified atom stereocenters. The van der Waals surface area contributed by atoms with E-state index in [1.54, 1.807) is 4.90 Å². The fourth-order valence-electron chi connectivity index (χ4n) is 3.33. The smallest absolute Gasteiger partial charge is 0.289 e. The van der Waals surface area contributed by atoms with Crippen LogP contribution in [0.2, 0.25) is 0 Å². The van der Waals surface area contributed by atoms with Gasteiger partial charge < -0.3 is 29.7 Å². The van der Waals surface area contributed by atoms with Crippen molar-refractivity contribution in [1.82, 2.24) is 14.8 Å². The summed E-state index contributed by atoms with van der Waals surface area (Å²) in [5.74, 6) is -0.925. The van der Waals surface area contributed by atoms with E-state index in [1.165, 1.54) is 12.1 Å². The summed E-state index contributed by atoms with van der Waals surface area (Å²) in [4.78, 5) is 31.5. The fraction of sp³-hybridized carbons (Fsp3) is 0.474. The number of nitrogens with one attached hydrogen (secondary N) is 1. The third-order valence-corrected chi connectivity index (χ3v) is 4.73. The van der Waals surface area contributed by atoms with E-state index in [9.17, 15) is 9.59 Å². The Morgan fingerprint density at radius 2 is 2.07 bits per heavy atom. The largest absolute Gasteiger partial charge is 0.446 e. The molecule has 0 aliphatic carbocycles. The summed E-state index contributed by atoms with van der Waals surface area (Å²) in [6.45, 7) is 7.07. The first-order valence-electron chi connectivity index (χ1n) is 8.97. The zero-order valence-corrected chi connectivity index (χ0v) is 15.9. The van der Waals surface area contributed by atoms with E-state index >= 15 is 0 Å². The number of morpholine rings is 1. The van der Waals surface area contributed by atoms with Crippen molar-refractivity contribution < 1.29 is 18.7 Å². The summed E-state index contributed by atoms with van der Waals surface area (Å²) in [6, 6.07) is 4.93. The molecular formula is C19H26N4O4. The quantitative estimate of drug-likeness (QED) is 0.793. The van der Waals surface area contributed by atoms with Crippen molar-refractivity contribution in [2.24, 2.45) is 5.73 Å². The van der Waals surface area contributed by atoms with E-state index in [-0.39, 0.29) is 23.5 Å². The maximum Gasteiger partial charge on any atom is 0.289 e. The average molecular weight is 374 g/mol. The van der Waals surface area contributed by atoms with E-state index in [0.717, 1.165) is 30.0 Å². The van der Waals surface area contributed by atoms with Gasteiger partial charge in [0.2, 0.25) is 0 Å². The minimum atomic E-state index is -0.699. The molecule has 0 radical (unpaired) electrons. The van der Waals surface area contributed by atoms with Crippen molar-refractivity contribution in [2.45, 2.75) is 26.5 Å². The van der Waals surface area contributed by atoms with Crippen LogP contribution in [0.5, 0.6) is 0 Å². The highest BCUT2D eigenvalue weighted by molar-refractivity contribution is 5.95. The van der Waals surface area contributed by atoms with Gasteiger partial charge in [-0.3, -0.25) is 9.59 Å². The number of nitrogens with two attached hydrogens (primary N) is 1. The number of primary amides is 1. The molecule has 3 heterocycles. The number of carbonyl (C=O) groups excluding carboxylic acids is 2. The van der Waals surface area contributed by atoms with Gasteiger partial charge in [-0.05, 0) is 44.7 Å². The van der Waals surface area contributed by atoms with E-state index in [4.69, 9.17) is 14.9 Å². The molecule has 8 nitrogen and oxygen atoms in total. The molecular weight excluding hydrogens is 348 g/mol. The molecule has 3 rings (SSSR count). The number of aromatic amines is 1. The Bertz CT molecular complexity index is 826. The van der Waals surface area contributed by atoms with Crippen LogP contribution in [-0.2, 0) is 11.3 Å². The number of rotatable bonds is 6. The Hall–Kier alpha value is -2.58. The molecule has 8 heteroatoms. The SMILES string of the molecule is Cc1cc(CN(CC2CN(C)CCO2)C(=O)c2ccc(C(N)=O)o2)c(C)[nH]1. The monoisotopic (exact) mass is 374 g/mol. The number of aromatic nitrogens is 1. The van der Waals surface area contributed by atoms with Crippen molar-refractivity contribution in [1.29, 1.82) is 0 Å². The van der Waals surface area contributed by atoms with Gasteiger partial charge >= 0.3 is 0 Å². The summed E-state index contributed by atoms with van der Waals surface area (Å²) < 4.78 is 11.2. The minimum absolute atomic E-state index is 0.0272. The van der Waals surface area contributed by atoms with E-state index in [2.05, 4.69) is 9.88 Å². The van der Waals surface area contributed by atoms with Crippen molar-refractivity contribution in [2.75, 3.05) is 33.3 Å². The van der Waals surface area contributed by atoms with E-state index in [0.29, 0.717) is 19.7 Å². The molecule has 2 aromatic rings. The lowest BCUT2D eigenvalue weighted by Crippen LogP contribution is -2.47. The van der Waals surface area contributed by atoms with Crippen LogP contribution in [0.4, 0.5) is 0 Å². The summed E-state index contributed by atoms with van der Waals surface area (Å²) in [5, 5.41) is 0. The van der Waals surface area contributed by atoms with Gasteiger partial charge in [-0.15, -0.1) is 0 Å². The number of nitrogens with zero attached hydrogens (tertiary/aromatic N) is 2. The van der Waals surface area contributed by atoms with Gasteiger partial charge in [0.25, 0.3) is 11.8 Å². The molecule has 2 amide bonds. The van der Waals surface area contributed by atoms with Crippen LogP contribution in [-0.4, -0.2) is 66.0 Å². The topological polar surface area (TPSA) is 105 Å². The predicted octanol–water partition coefficient (Wildman–Crippen LogP) is 1.30.